The van der Waals surface area contributed by atoms with E-state index in [2.05, 4.69) is 18.7 Å². The van der Waals surface area contributed by atoms with Crippen molar-refractivity contribution in [3.05, 3.63) is 0 Å². The van der Waals surface area contributed by atoms with Gasteiger partial charge in [-0.25, -0.2) is 0 Å². The predicted molar refractivity (Wildman–Crippen MR) is 70.7 cm³/mol. The molecule has 0 saturated carbocycles. The highest BCUT2D eigenvalue weighted by Crippen LogP contribution is 2.12. The average Bonchev–Trinajstić information content (AvgIpc) is 2.39. The van der Waals surface area contributed by atoms with Crippen molar-refractivity contribution >= 4 is 5.91 Å². The summed E-state index contributed by atoms with van der Waals surface area (Å²) in [4.78, 5) is 16.5. The molecule has 100 valence electrons. The summed E-state index contributed by atoms with van der Waals surface area (Å²) in [5.74, 6) is 0.478. The van der Waals surface area contributed by atoms with Gasteiger partial charge < -0.3 is 10.6 Å². The molecule has 1 amide bonds. The Hall–Kier alpha value is -0.610. The third kappa shape index (κ3) is 3.68. The summed E-state index contributed by atoms with van der Waals surface area (Å²) >= 11 is 0. The molecule has 4 nitrogen and oxygen atoms in total. The number of nitrogens with two attached hydrogens (primary N) is 1. The minimum absolute atomic E-state index is 0.165. The first-order valence-corrected chi connectivity index (χ1v) is 6.86. The van der Waals surface area contributed by atoms with E-state index in [9.17, 15) is 4.79 Å². The van der Waals surface area contributed by atoms with E-state index in [4.69, 9.17) is 5.73 Å². The van der Waals surface area contributed by atoms with E-state index in [0.717, 1.165) is 45.6 Å². The predicted octanol–water partition coefficient (Wildman–Crippen LogP) is 0.914. The Balaban J connectivity index is 2.42. The van der Waals surface area contributed by atoms with Crippen molar-refractivity contribution < 1.29 is 4.79 Å². The Morgan fingerprint density at radius 2 is 1.76 bits per heavy atom. The summed E-state index contributed by atoms with van der Waals surface area (Å²) in [7, 11) is 0. The van der Waals surface area contributed by atoms with Crippen molar-refractivity contribution in [2.24, 2.45) is 11.7 Å². The number of carbonyl (C=O) groups is 1. The minimum atomic E-state index is 0.165. The lowest BCUT2D eigenvalue weighted by Crippen LogP contribution is -2.54. The van der Waals surface area contributed by atoms with Crippen LogP contribution in [-0.2, 0) is 4.79 Å². The molecule has 1 rings (SSSR count). The summed E-state index contributed by atoms with van der Waals surface area (Å²) in [6.07, 6.45) is 2.02. The van der Waals surface area contributed by atoms with Crippen LogP contribution in [0.25, 0.3) is 0 Å². The molecular formula is C13H27N3O. The van der Waals surface area contributed by atoms with Crippen molar-refractivity contribution in [1.82, 2.24) is 9.80 Å². The topological polar surface area (TPSA) is 49.6 Å². The number of amides is 1. The highest BCUT2D eigenvalue weighted by Gasteiger charge is 2.26. The molecule has 0 radical (unpaired) electrons. The van der Waals surface area contributed by atoms with Crippen LogP contribution in [0.3, 0.4) is 0 Å². The smallest absolute Gasteiger partial charge is 0.225 e. The molecule has 0 aromatic rings. The van der Waals surface area contributed by atoms with Gasteiger partial charge in [0.1, 0.15) is 0 Å². The zero-order valence-corrected chi connectivity index (χ0v) is 11.5. The highest BCUT2D eigenvalue weighted by atomic mass is 16.2. The first kappa shape index (κ1) is 14.5. The molecule has 2 atom stereocenters. The van der Waals surface area contributed by atoms with Gasteiger partial charge in [0.2, 0.25) is 5.91 Å². The van der Waals surface area contributed by atoms with Crippen LogP contribution in [0.1, 0.15) is 33.6 Å². The van der Waals surface area contributed by atoms with E-state index in [1.165, 1.54) is 0 Å². The zero-order valence-electron chi connectivity index (χ0n) is 11.5. The summed E-state index contributed by atoms with van der Waals surface area (Å²) in [6.45, 7) is 10.6. The van der Waals surface area contributed by atoms with Crippen LogP contribution in [0, 0.1) is 5.92 Å². The monoisotopic (exact) mass is 241 g/mol. The molecule has 1 aliphatic heterocycles. The van der Waals surface area contributed by atoms with Gasteiger partial charge in [0.25, 0.3) is 0 Å². The Morgan fingerprint density at radius 1 is 1.18 bits per heavy atom. The van der Waals surface area contributed by atoms with Crippen LogP contribution < -0.4 is 5.73 Å². The molecule has 1 saturated heterocycles. The Labute approximate surface area is 105 Å². The number of rotatable bonds is 5. The van der Waals surface area contributed by atoms with E-state index in [0.29, 0.717) is 11.9 Å². The Kier molecular flexibility index (Phi) is 5.92. The number of hydrogen-bond donors (Lipinski definition) is 1. The zero-order chi connectivity index (χ0) is 12.8. The normalized spacial score (nSPS) is 21.3. The molecular weight excluding hydrogens is 214 g/mol. The summed E-state index contributed by atoms with van der Waals surface area (Å²) < 4.78 is 0. The Morgan fingerprint density at radius 3 is 2.18 bits per heavy atom. The Bertz CT molecular complexity index is 233. The van der Waals surface area contributed by atoms with E-state index in [-0.39, 0.29) is 5.92 Å². The van der Waals surface area contributed by atoms with Gasteiger partial charge in [-0.3, -0.25) is 9.69 Å². The van der Waals surface area contributed by atoms with Crippen molar-refractivity contribution in [1.29, 1.82) is 0 Å². The molecule has 1 aliphatic rings. The molecule has 17 heavy (non-hydrogen) atoms. The fraction of sp³-hybridized carbons (Fsp3) is 0.923. The van der Waals surface area contributed by atoms with Crippen molar-refractivity contribution in [3.8, 4) is 0 Å². The van der Waals surface area contributed by atoms with Crippen LogP contribution in [-0.4, -0.2) is 54.5 Å². The van der Waals surface area contributed by atoms with Crippen LogP contribution >= 0.6 is 0 Å². The van der Waals surface area contributed by atoms with Gasteiger partial charge in [0, 0.05) is 44.7 Å². The van der Waals surface area contributed by atoms with Gasteiger partial charge >= 0.3 is 0 Å². The van der Waals surface area contributed by atoms with Gasteiger partial charge in [-0.05, 0) is 12.8 Å². The second-order valence-corrected chi connectivity index (χ2v) is 4.97. The largest absolute Gasteiger partial charge is 0.340 e. The number of hydrogen-bond acceptors (Lipinski definition) is 3. The van der Waals surface area contributed by atoms with E-state index >= 15 is 0 Å². The van der Waals surface area contributed by atoms with Crippen LogP contribution in [0.4, 0.5) is 0 Å². The molecule has 1 heterocycles. The molecule has 0 aliphatic carbocycles. The fourth-order valence-electron chi connectivity index (χ4n) is 2.37. The second kappa shape index (κ2) is 6.97. The lowest BCUT2D eigenvalue weighted by Gasteiger charge is -2.39. The number of carbonyl (C=O) groups excluding carboxylic acids is 1. The highest BCUT2D eigenvalue weighted by molar-refractivity contribution is 5.78. The van der Waals surface area contributed by atoms with E-state index < -0.39 is 0 Å². The molecule has 0 bridgehead atoms. The first-order valence-electron chi connectivity index (χ1n) is 6.86. The lowest BCUT2D eigenvalue weighted by molar-refractivity contribution is -0.137. The number of nitrogens with zero attached hydrogens (tertiary/aromatic N) is 2. The standard InChI is InChI=1S/C13H27N3O/c1-4-11(3)13(17)16-8-6-15(7-9-16)12(5-2)10-14/h11-12H,4-10,14H2,1-3H3. The first-order chi connectivity index (χ1) is 8.13. The van der Waals surface area contributed by atoms with E-state index in [1.54, 1.807) is 0 Å². The third-order valence-electron chi connectivity index (χ3n) is 3.92. The third-order valence-corrected chi connectivity index (χ3v) is 3.92. The quantitative estimate of drug-likeness (QED) is 0.778. The molecule has 0 aromatic carbocycles. The van der Waals surface area contributed by atoms with Crippen LogP contribution in [0.15, 0.2) is 0 Å². The maximum Gasteiger partial charge on any atom is 0.225 e. The van der Waals surface area contributed by atoms with Gasteiger partial charge in [-0.1, -0.05) is 20.8 Å². The van der Waals surface area contributed by atoms with Gasteiger partial charge in [0.15, 0.2) is 0 Å². The summed E-state index contributed by atoms with van der Waals surface area (Å²) in [6, 6.07) is 0.482. The van der Waals surface area contributed by atoms with Crippen molar-refractivity contribution in [2.45, 2.75) is 39.7 Å². The minimum Gasteiger partial charge on any atom is -0.340 e. The summed E-state index contributed by atoms with van der Waals surface area (Å²) in [5.41, 5.74) is 5.76. The van der Waals surface area contributed by atoms with Gasteiger partial charge in [-0.2, -0.15) is 0 Å². The molecule has 1 fully saturated rings. The SMILES string of the molecule is CCC(C)C(=O)N1CCN(C(CC)CN)CC1. The second-order valence-electron chi connectivity index (χ2n) is 4.97. The van der Waals surface area contributed by atoms with Gasteiger partial charge in [-0.15, -0.1) is 0 Å². The van der Waals surface area contributed by atoms with Gasteiger partial charge in [0.05, 0.1) is 0 Å². The molecule has 4 heteroatoms. The van der Waals surface area contributed by atoms with Crippen LogP contribution in [0.2, 0.25) is 0 Å². The molecule has 2 N–H and O–H groups in total. The average molecular weight is 241 g/mol. The van der Waals surface area contributed by atoms with Crippen molar-refractivity contribution in [2.75, 3.05) is 32.7 Å². The maximum atomic E-state index is 12.0. The molecule has 2 unspecified atom stereocenters. The lowest BCUT2D eigenvalue weighted by atomic mass is 10.1. The van der Waals surface area contributed by atoms with Crippen molar-refractivity contribution in [3.63, 3.8) is 0 Å². The molecule has 0 aromatic heterocycles. The van der Waals surface area contributed by atoms with E-state index in [1.807, 2.05) is 11.8 Å². The number of piperazine rings is 1. The maximum absolute atomic E-state index is 12.0. The fourth-order valence-corrected chi connectivity index (χ4v) is 2.37. The van der Waals surface area contributed by atoms with Crippen LogP contribution in [0.5, 0.6) is 0 Å². The summed E-state index contributed by atoms with van der Waals surface area (Å²) in [5, 5.41) is 0. The molecule has 0 spiro atoms.